The van der Waals surface area contributed by atoms with Gasteiger partial charge in [0, 0.05) is 48.2 Å². The number of aromatic nitrogens is 1. The molecule has 0 bridgehead atoms. The van der Waals surface area contributed by atoms with Crippen LogP contribution in [0.3, 0.4) is 0 Å². The van der Waals surface area contributed by atoms with Gasteiger partial charge in [0.2, 0.25) is 5.91 Å². The van der Waals surface area contributed by atoms with Crippen LogP contribution in [-0.4, -0.2) is 75.9 Å². The van der Waals surface area contributed by atoms with Gasteiger partial charge in [0.25, 0.3) is 0 Å². The van der Waals surface area contributed by atoms with Crippen LogP contribution in [0.4, 0.5) is 0 Å². The normalized spacial score (nSPS) is 11.8. The zero-order valence-electron chi connectivity index (χ0n) is 28.9. The van der Waals surface area contributed by atoms with E-state index in [9.17, 15) is 25.4 Å². The number of nitrogens with zero attached hydrogens (tertiary/aromatic N) is 2. The smallest absolute Gasteiger partial charge is 0.223 e. The van der Waals surface area contributed by atoms with Crippen molar-refractivity contribution in [3.63, 3.8) is 0 Å². The summed E-state index contributed by atoms with van der Waals surface area (Å²) < 4.78 is 18.2. The molecule has 0 aliphatic rings. The standard InChI is InChI=1S/C38H42Cl2N4O8/c1-24-27(5-3-6-30(24)31-7-4-8-33(37(31)40)50-10-9-36(49)43-18-29(48)19-45)21-52-35-13-34(51-20-26-11-25(14-41)15-42-16-26)28(12-32(35)39)17-44-38(2,22-46)23-47/h3-8,11-13,15-16,29,44-48H,9-10,17-23H2,1-2H3,(H,43,49). The van der Waals surface area contributed by atoms with Crippen molar-refractivity contribution in [3.05, 3.63) is 105 Å². The molecule has 0 radical (unpaired) electrons. The molecule has 0 saturated heterocycles. The third-order valence-electron chi connectivity index (χ3n) is 8.25. The average Bonchev–Trinajstić information content (AvgIpc) is 3.16. The zero-order chi connectivity index (χ0) is 37.7. The monoisotopic (exact) mass is 752 g/mol. The van der Waals surface area contributed by atoms with E-state index in [4.69, 9.17) is 42.5 Å². The van der Waals surface area contributed by atoms with E-state index < -0.39 is 18.2 Å². The molecule has 3 aromatic carbocycles. The molecule has 52 heavy (non-hydrogen) atoms. The molecular formula is C38H42Cl2N4O8. The van der Waals surface area contributed by atoms with Crippen LogP contribution in [0.1, 0.15) is 41.2 Å². The fourth-order valence-corrected chi connectivity index (χ4v) is 5.50. The number of rotatable bonds is 19. The maximum Gasteiger partial charge on any atom is 0.223 e. The first-order chi connectivity index (χ1) is 25.0. The summed E-state index contributed by atoms with van der Waals surface area (Å²) in [6.07, 6.45) is 2.09. The zero-order valence-corrected chi connectivity index (χ0v) is 30.4. The molecule has 0 fully saturated rings. The van der Waals surface area contributed by atoms with E-state index >= 15 is 0 Å². The van der Waals surface area contributed by atoms with E-state index in [0.717, 1.165) is 22.3 Å². The topological polar surface area (TPSA) is 186 Å². The second kappa shape index (κ2) is 19.4. The summed E-state index contributed by atoms with van der Waals surface area (Å²) in [7, 11) is 0. The molecule has 1 unspecified atom stereocenters. The molecule has 12 nitrogen and oxygen atoms in total. The van der Waals surface area contributed by atoms with Gasteiger partial charge in [0.1, 0.15) is 36.5 Å². The summed E-state index contributed by atoms with van der Waals surface area (Å²) in [5.74, 6) is 0.888. The Bertz CT molecular complexity index is 1870. The third-order valence-corrected chi connectivity index (χ3v) is 8.94. The van der Waals surface area contributed by atoms with Gasteiger partial charge in [-0.2, -0.15) is 5.26 Å². The molecule has 1 amide bonds. The van der Waals surface area contributed by atoms with Gasteiger partial charge < -0.3 is 45.3 Å². The summed E-state index contributed by atoms with van der Waals surface area (Å²) in [5.41, 5.74) is 4.17. The lowest BCUT2D eigenvalue weighted by Crippen LogP contribution is -2.48. The van der Waals surface area contributed by atoms with Gasteiger partial charge in [-0.05, 0) is 48.7 Å². The minimum Gasteiger partial charge on any atom is -0.491 e. The van der Waals surface area contributed by atoms with E-state index in [1.807, 2.05) is 37.3 Å². The summed E-state index contributed by atoms with van der Waals surface area (Å²) in [6.45, 7) is 3.11. The fourth-order valence-electron chi connectivity index (χ4n) is 4.97. The maximum absolute atomic E-state index is 12.1. The minimum atomic E-state index is -1.02. The number of carbonyl (C=O) groups is 1. The highest BCUT2D eigenvalue weighted by Gasteiger charge is 2.23. The molecule has 0 aliphatic carbocycles. The number of ether oxygens (including phenoxy) is 3. The first-order valence-corrected chi connectivity index (χ1v) is 17.2. The summed E-state index contributed by atoms with van der Waals surface area (Å²) in [5, 5.41) is 53.5. The number of amides is 1. The van der Waals surface area contributed by atoms with Crippen molar-refractivity contribution >= 4 is 29.1 Å². The van der Waals surface area contributed by atoms with Crippen LogP contribution in [-0.2, 0) is 24.6 Å². The Morgan fingerprint density at radius 1 is 0.942 bits per heavy atom. The van der Waals surface area contributed by atoms with Gasteiger partial charge in [-0.15, -0.1) is 0 Å². The number of hydrogen-bond acceptors (Lipinski definition) is 11. The largest absolute Gasteiger partial charge is 0.491 e. The second-order valence-electron chi connectivity index (χ2n) is 12.3. The highest BCUT2D eigenvalue weighted by atomic mass is 35.5. The first kappa shape index (κ1) is 40.3. The van der Waals surface area contributed by atoms with Gasteiger partial charge in [0.05, 0.1) is 60.1 Å². The van der Waals surface area contributed by atoms with Crippen LogP contribution in [0.15, 0.2) is 67.0 Å². The lowest BCUT2D eigenvalue weighted by atomic mass is 9.96. The Labute approximate surface area is 312 Å². The summed E-state index contributed by atoms with van der Waals surface area (Å²) >= 11 is 13.5. The number of nitrogens with one attached hydrogen (secondary N) is 2. The molecule has 4 aromatic rings. The van der Waals surface area contributed by atoms with E-state index in [2.05, 4.69) is 21.7 Å². The fraction of sp³-hybridized carbons (Fsp3) is 0.342. The second-order valence-corrected chi connectivity index (χ2v) is 13.1. The van der Waals surface area contributed by atoms with Crippen LogP contribution in [0.2, 0.25) is 10.0 Å². The van der Waals surface area contributed by atoms with Crippen molar-refractivity contribution in [2.75, 3.05) is 33.0 Å². The van der Waals surface area contributed by atoms with Crippen LogP contribution in [0.25, 0.3) is 11.1 Å². The van der Waals surface area contributed by atoms with Crippen molar-refractivity contribution in [2.24, 2.45) is 0 Å². The third kappa shape index (κ3) is 11.0. The number of hydrogen-bond donors (Lipinski definition) is 6. The highest BCUT2D eigenvalue weighted by Crippen LogP contribution is 2.38. The first-order valence-electron chi connectivity index (χ1n) is 16.4. The highest BCUT2D eigenvalue weighted by molar-refractivity contribution is 6.35. The van der Waals surface area contributed by atoms with E-state index in [1.54, 1.807) is 37.4 Å². The molecule has 6 N–H and O–H groups in total. The van der Waals surface area contributed by atoms with Crippen LogP contribution >= 0.6 is 23.2 Å². The van der Waals surface area contributed by atoms with Crippen LogP contribution in [0, 0.1) is 18.3 Å². The van der Waals surface area contributed by atoms with Crippen molar-refractivity contribution in [1.29, 1.82) is 5.26 Å². The Morgan fingerprint density at radius 3 is 2.40 bits per heavy atom. The quantitative estimate of drug-likeness (QED) is 0.0794. The van der Waals surface area contributed by atoms with Gasteiger partial charge in [-0.25, -0.2) is 0 Å². The van der Waals surface area contributed by atoms with Gasteiger partial charge >= 0.3 is 0 Å². The Hall–Kier alpha value is -4.45. The Kier molecular flexibility index (Phi) is 15.0. The number of carbonyl (C=O) groups excluding carboxylic acids is 1. The molecule has 14 heteroatoms. The molecule has 276 valence electrons. The number of pyridine rings is 1. The molecule has 0 spiro atoms. The lowest BCUT2D eigenvalue weighted by molar-refractivity contribution is -0.122. The van der Waals surface area contributed by atoms with Gasteiger partial charge in [-0.3, -0.25) is 9.78 Å². The van der Waals surface area contributed by atoms with E-state index in [1.165, 1.54) is 6.20 Å². The number of halogens is 2. The molecule has 0 aliphatic heterocycles. The Balaban J connectivity index is 1.51. The average molecular weight is 754 g/mol. The molecular weight excluding hydrogens is 711 g/mol. The van der Waals surface area contributed by atoms with E-state index in [0.29, 0.717) is 44.0 Å². The van der Waals surface area contributed by atoms with Crippen LogP contribution < -0.4 is 24.8 Å². The lowest BCUT2D eigenvalue weighted by Gasteiger charge is -2.27. The number of nitriles is 1. The summed E-state index contributed by atoms with van der Waals surface area (Å²) in [4.78, 5) is 16.2. The summed E-state index contributed by atoms with van der Waals surface area (Å²) in [6, 6.07) is 18.3. The number of aliphatic hydroxyl groups excluding tert-OH is 4. The maximum atomic E-state index is 12.1. The number of benzene rings is 3. The van der Waals surface area contributed by atoms with Crippen molar-refractivity contribution in [3.8, 4) is 34.4 Å². The SMILES string of the molecule is Cc1c(COc2cc(OCc3cncc(C#N)c3)c(CNC(C)(CO)CO)cc2Cl)cccc1-c1cccc(OCCC(=O)NCC(O)CO)c1Cl. The molecule has 1 atom stereocenters. The molecule has 0 saturated carbocycles. The van der Waals surface area contributed by atoms with Crippen LogP contribution in [0.5, 0.6) is 17.2 Å². The van der Waals surface area contributed by atoms with E-state index in [-0.39, 0.29) is 58.5 Å². The van der Waals surface area contributed by atoms with Gasteiger partial charge in [0.15, 0.2) is 0 Å². The predicted octanol–water partition coefficient (Wildman–Crippen LogP) is 4.46. The molecule has 1 heterocycles. The van der Waals surface area contributed by atoms with Crippen molar-refractivity contribution in [2.45, 2.75) is 51.7 Å². The Morgan fingerprint density at radius 2 is 1.67 bits per heavy atom. The molecule has 1 aromatic heterocycles. The molecule has 4 rings (SSSR count). The van der Waals surface area contributed by atoms with Gasteiger partial charge in [-0.1, -0.05) is 53.5 Å². The van der Waals surface area contributed by atoms with Crippen molar-refractivity contribution in [1.82, 2.24) is 15.6 Å². The predicted molar refractivity (Wildman–Crippen MR) is 196 cm³/mol. The van der Waals surface area contributed by atoms with Crippen molar-refractivity contribution < 1.29 is 39.4 Å². The number of aliphatic hydroxyl groups is 4. The minimum absolute atomic E-state index is 0.0354.